The van der Waals surface area contributed by atoms with Crippen LogP contribution in [0, 0.1) is 41.1 Å². The summed E-state index contributed by atoms with van der Waals surface area (Å²) in [5.41, 5.74) is 11.0. The van der Waals surface area contributed by atoms with E-state index in [0.717, 1.165) is 23.7 Å². The van der Waals surface area contributed by atoms with Gasteiger partial charge < -0.3 is 24.8 Å². The van der Waals surface area contributed by atoms with Crippen LogP contribution >= 0.6 is 0 Å². The topological polar surface area (TPSA) is 0 Å². The predicted molar refractivity (Wildman–Crippen MR) is 197 cm³/mol. The first-order chi connectivity index (χ1) is 21.6. The maximum Gasteiger partial charge on any atom is -1.00 e. The number of benzene rings is 2. The van der Waals surface area contributed by atoms with E-state index in [1.165, 1.54) is 83.8 Å². The van der Waals surface area contributed by atoms with Crippen LogP contribution in [0.1, 0.15) is 124 Å². The molecule has 0 amide bonds. The largest absolute Gasteiger partial charge is 1.00 e. The molecule has 4 bridgehead atoms. The summed E-state index contributed by atoms with van der Waals surface area (Å²) >= 11 is 1.55. The second-order valence-corrected chi connectivity index (χ2v) is 20.0. The standard InChI is InChI=1S/C25H25.C17H23.C3H6.2ClH.Zr/c1-14-12-24(3,4)22-8-16-7-17-9-23-19(15(2)13-25(23,5)6)11-21(17)20(16)10-18(14)22;1-11-3-4-14(5-11)17(2)15-7-12-6-13(9-15)10-16(17)8-12;1-3-2;;;/h7-13H,1-6H3;4-5,11-13,15-16H,6-10H2,1-2H3;1-2H3;2*1H;/q2*-1;;;;+2/p-2. The molecule has 0 aliphatic heterocycles. The van der Waals surface area contributed by atoms with Gasteiger partial charge in [-0.3, -0.25) is 6.08 Å². The Bertz CT molecular complexity index is 1760. The van der Waals surface area contributed by atoms with E-state index < -0.39 is 0 Å². The third-order valence-corrected chi connectivity index (χ3v) is 12.8. The average Bonchev–Trinajstić information content (AvgIpc) is 3.67. The van der Waals surface area contributed by atoms with Crippen molar-refractivity contribution in [1.29, 1.82) is 0 Å². The molecule has 254 valence electrons. The van der Waals surface area contributed by atoms with Gasteiger partial charge in [-0.1, -0.05) is 88.3 Å². The van der Waals surface area contributed by atoms with Crippen LogP contribution in [0.2, 0.25) is 0 Å². The molecule has 0 aromatic heterocycles. The van der Waals surface area contributed by atoms with Crippen molar-refractivity contribution < 1.29 is 49.0 Å². The van der Waals surface area contributed by atoms with Crippen LogP contribution in [0.4, 0.5) is 0 Å². The van der Waals surface area contributed by atoms with E-state index in [1.54, 1.807) is 36.2 Å². The molecule has 3 heteroatoms. The van der Waals surface area contributed by atoms with Gasteiger partial charge in [0.1, 0.15) is 0 Å². The third-order valence-electron chi connectivity index (χ3n) is 12.8. The van der Waals surface area contributed by atoms with Crippen LogP contribution in [0.5, 0.6) is 0 Å². The molecular formula is C45H54Cl2Zr-2. The van der Waals surface area contributed by atoms with Crippen molar-refractivity contribution in [3.63, 3.8) is 0 Å². The van der Waals surface area contributed by atoms with Crippen molar-refractivity contribution in [2.75, 3.05) is 0 Å². The Morgan fingerprint density at radius 3 is 1.52 bits per heavy atom. The molecule has 48 heavy (non-hydrogen) atoms. The molecular weight excluding hydrogens is 703 g/mol. The van der Waals surface area contributed by atoms with Crippen molar-refractivity contribution in [2.45, 2.75) is 112 Å². The fourth-order valence-electron chi connectivity index (χ4n) is 10.8. The summed E-state index contributed by atoms with van der Waals surface area (Å²) in [6.45, 7) is 22.9. The van der Waals surface area contributed by atoms with Gasteiger partial charge in [0.2, 0.25) is 0 Å². The van der Waals surface area contributed by atoms with Gasteiger partial charge in [-0.2, -0.15) is 11.6 Å². The Morgan fingerprint density at radius 2 is 1.15 bits per heavy atom. The first kappa shape index (κ1) is 37.8. The van der Waals surface area contributed by atoms with Gasteiger partial charge in [-0.25, -0.2) is 6.08 Å². The fraction of sp³-hybridized carbons (Fsp3) is 0.511. The third kappa shape index (κ3) is 6.35. The quantitative estimate of drug-likeness (QED) is 0.258. The van der Waals surface area contributed by atoms with Crippen LogP contribution in [0.3, 0.4) is 0 Å². The van der Waals surface area contributed by atoms with E-state index in [2.05, 4.69) is 130 Å². The molecule has 3 aromatic rings. The molecule has 0 heterocycles. The van der Waals surface area contributed by atoms with Crippen molar-refractivity contribution in [3.05, 3.63) is 88.5 Å². The second kappa shape index (κ2) is 13.3. The smallest absolute Gasteiger partial charge is 1.00 e. The van der Waals surface area contributed by atoms with Gasteiger partial charge >= 0.3 is 41.3 Å². The van der Waals surface area contributed by atoms with E-state index in [4.69, 9.17) is 0 Å². The van der Waals surface area contributed by atoms with Crippen LogP contribution in [0.15, 0.2) is 60.2 Å². The van der Waals surface area contributed by atoms with Crippen LogP contribution in [0.25, 0.3) is 32.7 Å². The monoisotopic (exact) mass is 754 g/mol. The van der Waals surface area contributed by atoms with Gasteiger partial charge in [-0.05, 0) is 91.9 Å². The summed E-state index contributed by atoms with van der Waals surface area (Å²) in [6.07, 6.45) is 20.7. The molecule has 0 radical (unpaired) electrons. The average molecular weight is 757 g/mol. The molecule has 3 aromatic carbocycles. The zero-order chi connectivity index (χ0) is 32.9. The summed E-state index contributed by atoms with van der Waals surface area (Å²) in [6, 6.07) is 12.1. The van der Waals surface area contributed by atoms with Gasteiger partial charge in [0, 0.05) is 10.8 Å². The molecule has 4 fully saturated rings. The number of halogens is 2. The Morgan fingerprint density at radius 1 is 0.729 bits per heavy atom. The van der Waals surface area contributed by atoms with Gasteiger partial charge in [-0.15, -0.1) is 39.7 Å². The Balaban J connectivity index is 0.000000171. The van der Waals surface area contributed by atoms with Crippen molar-refractivity contribution >= 4 is 35.9 Å². The summed E-state index contributed by atoms with van der Waals surface area (Å²) < 4.78 is 1.51. The van der Waals surface area contributed by atoms with Crippen LogP contribution in [-0.2, 0) is 35.1 Å². The molecule has 7 aliphatic carbocycles. The van der Waals surface area contributed by atoms with Crippen molar-refractivity contribution in [1.82, 2.24) is 0 Å². The van der Waals surface area contributed by atoms with E-state index in [-0.39, 0.29) is 35.6 Å². The molecule has 0 N–H and O–H groups in total. The maximum absolute atomic E-state index is 3.49. The first-order valence-corrected chi connectivity index (χ1v) is 19.2. The van der Waals surface area contributed by atoms with E-state index >= 15 is 0 Å². The molecule has 1 atom stereocenters. The Hall–Kier alpha value is -1.40. The predicted octanol–water partition coefficient (Wildman–Crippen LogP) is 6.24. The van der Waals surface area contributed by atoms with Crippen LogP contribution in [-0.4, -0.2) is 3.21 Å². The number of hydrogen-bond acceptors (Lipinski definition) is 0. The summed E-state index contributed by atoms with van der Waals surface area (Å²) in [4.78, 5) is 0. The van der Waals surface area contributed by atoms with E-state index in [0.29, 0.717) is 11.3 Å². The Labute approximate surface area is 318 Å². The van der Waals surface area contributed by atoms with Gasteiger partial charge in [0.05, 0.1) is 0 Å². The van der Waals surface area contributed by atoms with Crippen LogP contribution < -0.4 is 24.8 Å². The zero-order valence-electron chi connectivity index (χ0n) is 30.9. The number of fused-ring (bicyclic) bond motifs is 5. The minimum atomic E-state index is 0. The summed E-state index contributed by atoms with van der Waals surface area (Å²) in [5, 5.41) is 5.57. The van der Waals surface area contributed by atoms with E-state index in [1.807, 2.05) is 0 Å². The van der Waals surface area contributed by atoms with Gasteiger partial charge in [0.25, 0.3) is 0 Å². The van der Waals surface area contributed by atoms with E-state index in [9.17, 15) is 0 Å². The maximum atomic E-state index is 3.49. The number of hydrogen-bond donors (Lipinski definition) is 0. The number of allylic oxidation sites excluding steroid dienone is 8. The molecule has 1 unspecified atom stereocenters. The first-order valence-electron chi connectivity index (χ1n) is 18.0. The molecule has 10 rings (SSSR count). The molecule has 0 spiro atoms. The molecule has 0 nitrogen and oxygen atoms in total. The molecule has 0 saturated heterocycles. The number of rotatable bonds is 1. The fourth-order valence-corrected chi connectivity index (χ4v) is 10.8. The minimum absolute atomic E-state index is 0. The normalized spacial score (nSPS) is 30.6. The zero-order valence-corrected chi connectivity index (χ0v) is 34.8. The summed E-state index contributed by atoms with van der Waals surface area (Å²) in [5.74, 6) is 4.68. The van der Waals surface area contributed by atoms with Gasteiger partial charge in [0.15, 0.2) is 0 Å². The molecule has 4 saturated carbocycles. The second-order valence-electron chi connectivity index (χ2n) is 17.5. The SMILES string of the molecule is CC1=CC(C)(C)c2cc3[cH-]c4cc5c(cc4c3cc21)C(C)=CC5(C)C.CC1[C-]=CC(C2(C)C3CC4CC(C3)CC2C4)=C1.C[C](C)=[Zr+2].[Cl-].[Cl-]. The summed E-state index contributed by atoms with van der Waals surface area (Å²) in [7, 11) is 0. The Kier molecular flexibility index (Phi) is 10.5. The minimum Gasteiger partial charge on any atom is -1.00 e. The van der Waals surface area contributed by atoms with Crippen molar-refractivity contribution in [3.8, 4) is 0 Å². The van der Waals surface area contributed by atoms with Crippen molar-refractivity contribution in [2.24, 2.45) is 35.0 Å². The molecule has 7 aliphatic rings.